The molecule has 0 fully saturated rings. The monoisotopic (exact) mass is 330 g/mol. The summed E-state index contributed by atoms with van der Waals surface area (Å²) in [5.41, 5.74) is 2.50. The zero-order valence-electron chi connectivity index (χ0n) is 12.3. The van der Waals surface area contributed by atoms with Gasteiger partial charge >= 0.3 is 0 Å². The van der Waals surface area contributed by atoms with Crippen LogP contribution in [0.4, 0.5) is 5.69 Å². The summed E-state index contributed by atoms with van der Waals surface area (Å²) in [7, 11) is 0. The Kier molecular flexibility index (Phi) is 4.30. The Labute approximate surface area is 138 Å². The number of nitrogens with zero attached hydrogens (tertiary/aromatic N) is 1. The summed E-state index contributed by atoms with van der Waals surface area (Å²) in [6.07, 6.45) is 2.89. The van der Waals surface area contributed by atoms with Gasteiger partial charge in [0.15, 0.2) is 0 Å². The molecular weight excluding hydrogens is 316 g/mol. The highest BCUT2D eigenvalue weighted by atomic mass is 35.5. The molecule has 0 bridgehead atoms. The summed E-state index contributed by atoms with van der Waals surface area (Å²) in [4.78, 5) is 22.7. The van der Waals surface area contributed by atoms with Crippen LogP contribution in [0.2, 0.25) is 5.02 Å². The number of halogens is 1. The van der Waals surface area contributed by atoms with E-state index in [0.29, 0.717) is 0 Å². The number of aryl methyl sites for hydroxylation is 1. The largest absolute Gasteiger partial charge is 0.345 e. The van der Waals surface area contributed by atoms with Gasteiger partial charge in [-0.3, -0.25) is 14.9 Å². The number of amides is 1. The molecule has 0 aliphatic heterocycles. The molecule has 1 N–H and O–H groups in total. The Hall–Kier alpha value is -2.40. The van der Waals surface area contributed by atoms with Gasteiger partial charge in [0.05, 0.1) is 21.6 Å². The zero-order chi connectivity index (χ0) is 16.4. The lowest BCUT2D eigenvalue weighted by atomic mass is 9.87. The average Bonchev–Trinajstić information content (AvgIpc) is 2.55. The summed E-state index contributed by atoms with van der Waals surface area (Å²) < 4.78 is 0. The normalized spacial score (nSPS) is 16.5. The van der Waals surface area contributed by atoms with Gasteiger partial charge in [0.2, 0.25) is 0 Å². The van der Waals surface area contributed by atoms with Crippen LogP contribution >= 0.6 is 11.6 Å². The van der Waals surface area contributed by atoms with Crippen molar-refractivity contribution < 1.29 is 9.72 Å². The van der Waals surface area contributed by atoms with Crippen molar-refractivity contribution in [3.05, 3.63) is 74.3 Å². The van der Waals surface area contributed by atoms with Crippen LogP contribution in [0.3, 0.4) is 0 Å². The predicted molar refractivity (Wildman–Crippen MR) is 87.7 cm³/mol. The minimum absolute atomic E-state index is 0.0568. The molecule has 0 unspecified atom stereocenters. The summed E-state index contributed by atoms with van der Waals surface area (Å²) in [6, 6.07) is 11.9. The van der Waals surface area contributed by atoms with E-state index in [2.05, 4.69) is 11.4 Å². The predicted octanol–water partition coefficient (Wildman–Crippen LogP) is 4.06. The van der Waals surface area contributed by atoms with Gasteiger partial charge in [-0.15, -0.1) is 0 Å². The first kappa shape index (κ1) is 15.5. The molecule has 6 heteroatoms. The number of hydrogen-bond donors (Lipinski definition) is 1. The molecule has 2 aromatic carbocycles. The Morgan fingerprint density at radius 2 is 2.04 bits per heavy atom. The lowest BCUT2D eigenvalue weighted by molar-refractivity contribution is -0.384. The van der Waals surface area contributed by atoms with Gasteiger partial charge in [0.25, 0.3) is 11.6 Å². The Balaban J connectivity index is 1.82. The molecule has 0 heterocycles. The third-order valence-corrected chi connectivity index (χ3v) is 4.40. The molecule has 0 aromatic heterocycles. The van der Waals surface area contributed by atoms with Crippen molar-refractivity contribution >= 4 is 23.2 Å². The molecule has 0 radical (unpaired) electrons. The number of nitro groups is 1. The number of benzene rings is 2. The second kappa shape index (κ2) is 6.38. The third-order valence-electron chi connectivity index (χ3n) is 4.08. The van der Waals surface area contributed by atoms with E-state index in [0.717, 1.165) is 24.8 Å². The van der Waals surface area contributed by atoms with Crippen LogP contribution < -0.4 is 5.32 Å². The van der Waals surface area contributed by atoms with Crippen LogP contribution in [-0.4, -0.2) is 10.8 Å². The summed E-state index contributed by atoms with van der Waals surface area (Å²) in [6.45, 7) is 0. The van der Waals surface area contributed by atoms with Gasteiger partial charge < -0.3 is 5.32 Å². The number of nitrogens with one attached hydrogen (secondary N) is 1. The summed E-state index contributed by atoms with van der Waals surface area (Å²) in [5.74, 6) is -0.313. The van der Waals surface area contributed by atoms with Crippen LogP contribution in [-0.2, 0) is 6.42 Å². The Morgan fingerprint density at radius 3 is 2.78 bits per heavy atom. The van der Waals surface area contributed by atoms with Crippen molar-refractivity contribution in [2.24, 2.45) is 0 Å². The fourth-order valence-corrected chi connectivity index (χ4v) is 3.20. The van der Waals surface area contributed by atoms with Gasteiger partial charge in [-0.05, 0) is 36.5 Å². The molecule has 2 aromatic rings. The van der Waals surface area contributed by atoms with Crippen molar-refractivity contribution in [2.75, 3.05) is 0 Å². The second-order valence-electron chi connectivity index (χ2n) is 5.54. The van der Waals surface area contributed by atoms with Crippen LogP contribution in [0.1, 0.15) is 40.4 Å². The number of fused-ring (bicyclic) bond motifs is 1. The molecule has 0 saturated heterocycles. The summed E-state index contributed by atoms with van der Waals surface area (Å²) in [5, 5.41) is 13.8. The lowest BCUT2D eigenvalue weighted by Gasteiger charge is -2.26. The molecule has 23 heavy (non-hydrogen) atoms. The molecule has 0 saturated carbocycles. The number of carbonyl (C=O) groups excluding carboxylic acids is 1. The number of carbonyl (C=O) groups is 1. The fraction of sp³-hybridized carbons (Fsp3) is 0.235. The molecule has 1 aliphatic carbocycles. The van der Waals surface area contributed by atoms with Crippen LogP contribution in [0, 0.1) is 10.1 Å². The van der Waals surface area contributed by atoms with Crippen LogP contribution in [0.5, 0.6) is 0 Å². The first-order valence-electron chi connectivity index (χ1n) is 7.39. The van der Waals surface area contributed by atoms with Gasteiger partial charge in [-0.2, -0.15) is 0 Å². The maximum absolute atomic E-state index is 12.5. The summed E-state index contributed by atoms with van der Waals surface area (Å²) >= 11 is 6.02. The number of non-ortho nitro benzene ring substituents is 1. The first-order valence-corrected chi connectivity index (χ1v) is 7.76. The van der Waals surface area contributed by atoms with Crippen LogP contribution in [0.25, 0.3) is 0 Å². The van der Waals surface area contributed by atoms with E-state index < -0.39 is 4.92 Å². The van der Waals surface area contributed by atoms with Crippen molar-refractivity contribution in [3.63, 3.8) is 0 Å². The van der Waals surface area contributed by atoms with E-state index in [9.17, 15) is 14.9 Å². The minimum Gasteiger partial charge on any atom is -0.345 e. The van der Waals surface area contributed by atoms with Crippen LogP contribution in [0.15, 0.2) is 42.5 Å². The van der Waals surface area contributed by atoms with E-state index in [4.69, 9.17) is 11.6 Å². The highest BCUT2D eigenvalue weighted by molar-refractivity contribution is 6.34. The number of nitro benzene ring substituents is 1. The van der Waals surface area contributed by atoms with E-state index in [-0.39, 0.29) is 28.2 Å². The minimum atomic E-state index is -0.537. The SMILES string of the molecule is O=C(N[C@H]1CCCc2ccccc21)c1ccc([N+](=O)[O-])cc1Cl. The molecular formula is C17H15ClN2O3. The standard InChI is InChI=1S/C17H15ClN2O3/c18-15-10-12(20(22)23)8-9-14(15)17(21)19-16-7-3-5-11-4-1-2-6-13(11)16/h1-2,4,6,8-10,16H,3,5,7H2,(H,19,21)/t16-/m0/s1. The van der Waals surface area contributed by atoms with Crippen molar-refractivity contribution in [3.8, 4) is 0 Å². The Bertz CT molecular complexity index is 776. The molecule has 1 amide bonds. The van der Waals surface area contributed by atoms with Gasteiger partial charge in [-0.1, -0.05) is 35.9 Å². The van der Waals surface area contributed by atoms with Crippen molar-refractivity contribution in [1.82, 2.24) is 5.32 Å². The van der Waals surface area contributed by atoms with E-state index in [1.165, 1.54) is 23.8 Å². The average molecular weight is 331 g/mol. The molecule has 1 aliphatic rings. The maximum atomic E-state index is 12.5. The lowest BCUT2D eigenvalue weighted by Crippen LogP contribution is -2.31. The molecule has 118 valence electrons. The number of rotatable bonds is 3. The van der Waals surface area contributed by atoms with E-state index in [1.807, 2.05) is 18.2 Å². The van der Waals surface area contributed by atoms with Crippen molar-refractivity contribution in [2.45, 2.75) is 25.3 Å². The fourth-order valence-electron chi connectivity index (χ4n) is 2.94. The molecule has 3 rings (SSSR count). The second-order valence-corrected chi connectivity index (χ2v) is 5.95. The highest BCUT2D eigenvalue weighted by Crippen LogP contribution is 2.30. The molecule has 0 spiro atoms. The first-order chi connectivity index (χ1) is 11.1. The topological polar surface area (TPSA) is 72.2 Å². The third kappa shape index (κ3) is 3.19. The zero-order valence-corrected chi connectivity index (χ0v) is 13.0. The smallest absolute Gasteiger partial charge is 0.270 e. The van der Waals surface area contributed by atoms with Gasteiger partial charge in [0, 0.05) is 12.1 Å². The molecule has 5 nitrogen and oxygen atoms in total. The molecule has 1 atom stereocenters. The van der Waals surface area contributed by atoms with E-state index >= 15 is 0 Å². The quantitative estimate of drug-likeness (QED) is 0.681. The van der Waals surface area contributed by atoms with Gasteiger partial charge in [-0.25, -0.2) is 0 Å². The van der Waals surface area contributed by atoms with E-state index in [1.54, 1.807) is 0 Å². The van der Waals surface area contributed by atoms with Gasteiger partial charge in [0.1, 0.15) is 0 Å². The Morgan fingerprint density at radius 1 is 1.26 bits per heavy atom. The highest BCUT2D eigenvalue weighted by Gasteiger charge is 2.23. The van der Waals surface area contributed by atoms with Crippen molar-refractivity contribution in [1.29, 1.82) is 0 Å². The number of hydrogen-bond acceptors (Lipinski definition) is 3. The maximum Gasteiger partial charge on any atom is 0.270 e.